The molecule has 1 N–H and O–H groups in total. The van der Waals surface area contributed by atoms with Gasteiger partial charge in [-0.3, -0.25) is 9.69 Å². The first-order chi connectivity index (χ1) is 12.5. The second-order valence-corrected chi connectivity index (χ2v) is 8.37. The van der Waals surface area contributed by atoms with E-state index in [1.807, 2.05) is 0 Å². The van der Waals surface area contributed by atoms with Gasteiger partial charge in [0.05, 0.1) is 13.2 Å². The number of nitrogens with zero attached hydrogens (tertiary/aromatic N) is 2. The van der Waals surface area contributed by atoms with Gasteiger partial charge in [-0.05, 0) is 31.0 Å². The molecule has 0 atom stereocenters. The number of nitrogens with one attached hydrogen (secondary N) is 1. The van der Waals surface area contributed by atoms with Crippen molar-refractivity contribution in [1.82, 2.24) is 14.5 Å². The number of sulfonamides is 1. The molecule has 3 rings (SSSR count). The highest BCUT2D eigenvalue weighted by molar-refractivity contribution is 7.89. The van der Waals surface area contributed by atoms with E-state index in [1.54, 1.807) is 0 Å². The molecule has 0 aliphatic carbocycles. The predicted molar refractivity (Wildman–Crippen MR) is 94.0 cm³/mol. The largest absolute Gasteiger partial charge is 0.379 e. The molecule has 0 bridgehead atoms. The minimum absolute atomic E-state index is 0.145. The highest BCUT2D eigenvalue weighted by Gasteiger charge is 2.30. The van der Waals surface area contributed by atoms with Crippen molar-refractivity contribution in [2.45, 2.75) is 17.7 Å². The van der Waals surface area contributed by atoms with Crippen LogP contribution in [0.1, 0.15) is 23.2 Å². The normalized spacial score (nSPS) is 19.6. The van der Waals surface area contributed by atoms with Crippen LogP contribution >= 0.6 is 0 Å². The third kappa shape index (κ3) is 4.40. The van der Waals surface area contributed by atoms with Gasteiger partial charge in [0.25, 0.3) is 5.91 Å². The van der Waals surface area contributed by atoms with Gasteiger partial charge in [-0.2, -0.15) is 4.31 Å². The Hall–Kier alpha value is -1.55. The Morgan fingerprint density at radius 3 is 2.54 bits per heavy atom. The molecular weight excluding hydrogens is 361 g/mol. The number of ether oxygens (including phenoxy) is 1. The summed E-state index contributed by atoms with van der Waals surface area (Å²) in [7, 11) is -3.91. The number of amides is 1. The summed E-state index contributed by atoms with van der Waals surface area (Å²) in [5, 5.41) is 2.76. The second-order valence-electron chi connectivity index (χ2n) is 6.47. The van der Waals surface area contributed by atoms with Crippen LogP contribution in [0.15, 0.2) is 23.1 Å². The molecule has 9 heteroatoms. The first kappa shape index (κ1) is 19.2. The molecule has 1 amide bonds. The van der Waals surface area contributed by atoms with Crippen molar-refractivity contribution >= 4 is 15.9 Å². The molecule has 2 heterocycles. The maximum absolute atomic E-state index is 14.1. The van der Waals surface area contributed by atoms with Gasteiger partial charge in [-0.25, -0.2) is 12.8 Å². The van der Waals surface area contributed by atoms with E-state index >= 15 is 0 Å². The molecule has 0 saturated carbocycles. The topological polar surface area (TPSA) is 79.0 Å². The summed E-state index contributed by atoms with van der Waals surface area (Å²) < 4.78 is 45.8. The number of carbonyl (C=O) groups is 1. The van der Waals surface area contributed by atoms with Gasteiger partial charge in [0.2, 0.25) is 10.0 Å². The van der Waals surface area contributed by atoms with E-state index in [0.717, 1.165) is 38.1 Å². The minimum atomic E-state index is -3.91. The molecular formula is C17H24FN3O4S. The van der Waals surface area contributed by atoms with Gasteiger partial charge in [0.15, 0.2) is 0 Å². The lowest BCUT2D eigenvalue weighted by Gasteiger charge is -2.26. The molecule has 0 radical (unpaired) electrons. The summed E-state index contributed by atoms with van der Waals surface area (Å²) >= 11 is 0. The fraction of sp³-hybridized carbons (Fsp3) is 0.588. The first-order valence-corrected chi connectivity index (χ1v) is 10.3. The van der Waals surface area contributed by atoms with Gasteiger partial charge >= 0.3 is 0 Å². The maximum atomic E-state index is 14.1. The Bertz CT molecular complexity index is 744. The summed E-state index contributed by atoms with van der Waals surface area (Å²) in [4.78, 5) is 14.1. The highest BCUT2D eigenvalue weighted by Crippen LogP contribution is 2.24. The number of hydrogen-bond donors (Lipinski definition) is 1. The van der Waals surface area contributed by atoms with Crippen molar-refractivity contribution in [3.8, 4) is 0 Å². The fourth-order valence-corrected chi connectivity index (χ4v) is 4.77. The van der Waals surface area contributed by atoms with E-state index in [2.05, 4.69) is 10.2 Å². The number of carbonyl (C=O) groups excluding carboxylic acids is 1. The van der Waals surface area contributed by atoms with Crippen molar-refractivity contribution in [2.24, 2.45) is 0 Å². The van der Waals surface area contributed by atoms with E-state index in [0.29, 0.717) is 39.4 Å². The average molecular weight is 385 g/mol. The van der Waals surface area contributed by atoms with Crippen molar-refractivity contribution in [3.05, 3.63) is 29.6 Å². The first-order valence-electron chi connectivity index (χ1n) is 8.86. The van der Waals surface area contributed by atoms with Crippen LogP contribution in [0.2, 0.25) is 0 Å². The Kier molecular flexibility index (Phi) is 6.23. The Balaban J connectivity index is 1.65. The molecule has 7 nitrogen and oxygen atoms in total. The maximum Gasteiger partial charge on any atom is 0.251 e. The highest BCUT2D eigenvalue weighted by atomic mass is 32.2. The van der Waals surface area contributed by atoms with Gasteiger partial charge in [-0.15, -0.1) is 0 Å². The summed E-state index contributed by atoms with van der Waals surface area (Å²) in [6.45, 7) is 4.91. The van der Waals surface area contributed by atoms with Crippen LogP contribution in [0, 0.1) is 5.82 Å². The van der Waals surface area contributed by atoms with Crippen LogP contribution in [-0.2, 0) is 14.8 Å². The molecule has 2 fully saturated rings. The van der Waals surface area contributed by atoms with E-state index in [4.69, 9.17) is 4.74 Å². The average Bonchev–Trinajstić information content (AvgIpc) is 3.18. The minimum Gasteiger partial charge on any atom is -0.379 e. The molecule has 2 saturated heterocycles. The smallest absolute Gasteiger partial charge is 0.251 e. The molecule has 0 unspecified atom stereocenters. The predicted octanol–water partition coefficient (Wildman–Crippen LogP) is 0.672. The van der Waals surface area contributed by atoms with Crippen LogP contribution in [0.3, 0.4) is 0 Å². The SMILES string of the molecule is O=C(NCCN1CCOCC1)c1ccc(F)c(S(=O)(=O)N2CCCC2)c1. The lowest BCUT2D eigenvalue weighted by atomic mass is 10.2. The Morgan fingerprint density at radius 2 is 1.85 bits per heavy atom. The van der Waals surface area contributed by atoms with Gasteiger partial charge < -0.3 is 10.1 Å². The summed E-state index contributed by atoms with van der Waals surface area (Å²) in [5.74, 6) is -1.24. The second kappa shape index (κ2) is 8.43. The lowest BCUT2D eigenvalue weighted by Crippen LogP contribution is -2.41. The molecule has 2 aliphatic rings. The third-order valence-corrected chi connectivity index (χ3v) is 6.61. The molecule has 0 aromatic heterocycles. The summed E-state index contributed by atoms with van der Waals surface area (Å²) in [5.41, 5.74) is 0.145. The van der Waals surface area contributed by atoms with E-state index in [9.17, 15) is 17.6 Å². The molecule has 2 aliphatic heterocycles. The number of morpholine rings is 1. The molecule has 1 aromatic carbocycles. The van der Waals surface area contributed by atoms with Gasteiger partial charge in [-0.1, -0.05) is 0 Å². The van der Waals surface area contributed by atoms with E-state index in [-0.39, 0.29) is 5.56 Å². The quantitative estimate of drug-likeness (QED) is 0.779. The van der Waals surface area contributed by atoms with Crippen molar-refractivity contribution in [2.75, 3.05) is 52.5 Å². The Labute approximate surface area is 153 Å². The Morgan fingerprint density at radius 1 is 1.15 bits per heavy atom. The van der Waals surface area contributed by atoms with Crippen molar-refractivity contribution in [1.29, 1.82) is 0 Å². The molecule has 0 spiro atoms. The molecule has 1 aromatic rings. The van der Waals surface area contributed by atoms with Gasteiger partial charge in [0.1, 0.15) is 10.7 Å². The molecule has 26 heavy (non-hydrogen) atoms. The zero-order valence-electron chi connectivity index (χ0n) is 14.6. The third-order valence-electron chi connectivity index (χ3n) is 4.69. The monoisotopic (exact) mass is 385 g/mol. The standard InChI is InChI=1S/C17H24FN3O4S/c18-15-4-3-14(13-16(15)26(23,24)21-6-1-2-7-21)17(22)19-5-8-20-9-11-25-12-10-20/h3-4,13H,1-2,5-12H2,(H,19,22). The summed E-state index contributed by atoms with van der Waals surface area (Å²) in [6.07, 6.45) is 1.53. The van der Waals surface area contributed by atoms with Crippen LogP contribution in [-0.4, -0.2) is 76.0 Å². The van der Waals surface area contributed by atoms with Crippen molar-refractivity contribution in [3.63, 3.8) is 0 Å². The fourth-order valence-electron chi connectivity index (χ4n) is 3.16. The number of rotatable bonds is 6. The lowest BCUT2D eigenvalue weighted by molar-refractivity contribution is 0.0383. The van der Waals surface area contributed by atoms with Crippen LogP contribution in [0.25, 0.3) is 0 Å². The zero-order chi connectivity index (χ0) is 18.6. The van der Waals surface area contributed by atoms with Crippen LogP contribution < -0.4 is 5.32 Å². The molecule has 144 valence electrons. The number of halogens is 1. The van der Waals surface area contributed by atoms with E-state index < -0.39 is 26.6 Å². The summed E-state index contributed by atoms with van der Waals surface area (Å²) in [6, 6.07) is 3.48. The van der Waals surface area contributed by atoms with E-state index in [1.165, 1.54) is 10.4 Å². The zero-order valence-corrected chi connectivity index (χ0v) is 15.4. The number of benzene rings is 1. The van der Waals surface area contributed by atoms with Gasteiger partial charge in [0, 0.05) is 44.8 Å². The van der Waals surface area contributed by atoms with Crippen LogP contribution in [0.5, 0.6) is 0 Å². The van der Waals surface area contributed by atoms with Crippen LogP contribution in [0.4, 0.5) is 4.39 Å². The number of hydrogen-bond acceptors (Lipinski definition) is 5. The van der Waals surface area contributed by atoms with Crippen molar-refractivity contribution < 1.29 is 22.3 Å².